The average molecular weight is 392 g/mol. The zero-order valence-electron chi connectivity index (χ0n) is 17.6. The summed E-state index contributed by atoms with van der Waals surface area (Å²) in [4.78, 5) is 19.3. The molecule has 3 rings (SSSR count). The molecule has 1 aliphatic rings. The maximum absolute atomic E-state index is 10.5. The number of fused-ring (bicyclic) bond motifs is 1. The van der Waals surface area contributed by atoms with E-state index in [1.54, 1.807) is 12.4 Å². The van der Waals surface area contributed by atoms with Crippen LogP contribution in [0.3, 0.4) is 0 Å². The quantitative estimate of drug-likeness (QED) is 0.599. The third-order valence-corrected chi connectivity index (χ3v) is 5.08. The molecule has 29 heavy (non-hydrogen) atoms. The van der Waals surface area contributed by atoms with Crippen LogP contribution >= 0.6 is 0 Å². The second-order valence-electron chi connectivity index (χ2n) is 8.88. The Morgan fingerprint density at radius 1 is 1.14 bits per heavy atom. The van der Waals surface area contributed by atoms with E-state index in [-0.39, 0.29) is 17.4 Å². The highest BCUT2D eigenvalue weighted by Gasteiger charge is 2.38. The second kappa shape index (κ2) is 8.24. The number of ether oxygens (including phenoxy) is 1. The largest absolute Gasteiger partial charge is 0.488 e. The summed E-state index contributed by atoms with van der Waals surface area (Å²) in [6.45, 7) is 8.74. The van der Waals surface area contributed by atoms with Crippen LogP contribution in [0, 0.1) is 11.8 Å². The fourth-order valence-electron chi connectivity index (χ4n) is 3.99. The number of carboxylic acid groups (broad SMARTS) is 1. The Morgan fingerprint density at radius 3 is 2.62 bits per heavy atom. The van der Waals surface area contributed by atoms with Crippen molar-refractivity contribution in [3.05, 3.63) is 53.1 Å². The maximum atomic E-state index is 10.5. The summed E-state index contributed by atoms with van der Waals surface area (Å²) in [6, 6.07) is 6.10. The lowest BCUT2D eigenvalue weighted by Crippen LogP contribution is -2.41. The Hall–Kier alpha value is -2.87. The molecule has 5 nitrogen and oxygen atoms in total. The normalized spacial score (nSPS) is 16.1. The zero-order valence-corrected chi connectivity index (χ0v) is 17.6. The van der Waals surface area contributed by atoms with Gasteiger partial charge in [-0.05, 0) is 69.1 Å². The summed E-state index contributed by atoms with van der Waals surface area (Å²) < 4.78 is 6.14. The van der Waals surface area contributed by atoms with Gasteiger partial charge in [0.25, 0.3) is 0 Å². The molecule has 0 fully saturated rings. The molecule has 1 aromatic carbocycles. The van der Waals surface area contributed by atoms with Gasteiger partial charge in [-0.25, -0.2) is 4.98 Å². The molecule has 0 bridgehead atoms. The van der Waals surface area contributed by atoms with Crippen LogP contribution in [0.4, 0.5) is 0 Å². The molecule has 1 aliphatic heterocycles. The number of aromatic nitrogens is 2. The third-order valence-electron chi connectivity index (χ3n) is 5.08. The summed E-state index contributed by atoms with van der Waals surface area (Å²) >= 11 is 0. The number of unbranched alkanes of at least 4 members (excludes halogenated alkanes) is 1. The molecule has 0 saturated carbocycles. The van der Waals surface area contributed by atoms with Crippen molar-refractivity contribution in [3.63, 3.8) is 0 Å². The van der Waals surface area contributed by atoms with E-state index < -0.39 is 5.97 Å². The first-order valence-corrected chi connectivity index (χ1v) is 10.0. The lowest BCUT2D eigenvalue weighted by molar-refractivity contribution is -0.137. The van der Waals surface area contributed by atoms with Gasteiger partial charge in [-0.2, -0.15) is 0 Å². The number of benzene rings is 1. The topological polar surface area (TPSA) is 72.3 Å². The minimum atomic E-state index is -0.762. The van der Waals surface area contributed by atoms with Crippen LogP contribution in [0.15, 0.2) is 30.6 Å². The van der Waals surface area contributed by atoms with Crippen molar-refractivity contribution in [2.24, 2.45) is 0 Å². The number of hydrogen-bond donors (Lipinski definition) is 1. The van der Waals surface area contributed by atoms with E-state index in [4.69, 9.17) is 9.84 Å². The van der Waals surface area contributed by atoms with Crippen LogP contribution in [-0.4, -0.2) is 26.6 Å². The highest BCUT2D eigenvalue weighted by Crippen LogP contribution is 2.44. The van der Waals surface area contributed by atoms with Gasteiger partial charge >= 0.3 is 5.97 Å². The van der Waals surface area contributed by atoms with Gasteiger partial charge in [0, 0.05) is 23.7 Å². The van der Waals surface area contributed by atoms with E-state index in [0.717, 1.165) is 36.3 Å². The van der Waals surface area contributed by atoms with Crippen molar-refractivity contribution in [2.75, 3.05) is 0 Å². The molecule has 2 heterocycles. The standard InChI is InChI=1S/C24H28N2O3/c1-23(2)16-24(3,4)29-21-12-10-17(13-20(21)23)9-11-19-15-25-18(14-26-19)7-5-6-8-22(27)28/h10,12-15H,5-8,16H2,1-4H3,(H,27,28). The number of nitrogens with zero attached hydrogens (tertiary/aromatic N) is 2. The molecule has 2 aromatic rings. The monoisotopic (exact) mass is 392 g/mol. The first kappa shape index (κ1) is 20.9. The summed E-state index contributed by atoms with van der Waals surface area (Å²) in [5.41, 5.74) is 3.45. The number of rotatable bonds is 5. The van der Waals surface area contributed by atoms with Crippen LogP contribution in [0.1, 0.15) is 75.9 Å². The Bertz CT molecular complexity index is 950. The van der Waals surface area contributed by atoms with Crippen LogP contribution in [-0.2, 0) is 16.6 Å². The molecule has 1 aromatic heterocycles. The summed E-state index contributed by atoms with van der Waals surface area (Å²) in [5, 5.41) is 8.67. The summed E-state index contributed by atoms with van der Waals surface area (Å²) in [7, 11) is 0. The van der Waals surface area contributed by atoms with Crippen molar-refractivity contribution in [2.45, 2.75) is 70.8 Å². The lowest BCUT2D eigenvalue weighted by atomic mass is 9.73. The Labute approximate surface area is 172 Å². The van der Waals surface area contributed by atoms with E-state index in [2.05, 4.69) is 55.6 Å². The van der Waals surface area contributed by atoms with E-state index in [1.165, 1.54) is 5.56 Å². The number of carboxylic acids is 1. The number of hydrogen-bond acceptors (Lipinski definition) is 4. The number of aliphatic carboxylic acids is 1. The molecule has 1 N–H and O–H groups in total. The first-order chi connectivity index (χ1) is 13.6. The molecule has 152 valence electrons. The Kier molecular flexibility index (Phi) is 5.93. The van der Waals surface area contributed by atoms with Gasteiger partial charge < -0.3 is 9.84 Å². The number of carbonyl (C=O) groups is 1. The van der Waals surface area contributed by atoms with Crippen molar-refractivity contribution < 1.29 is 14.6 Å². The molecule has 0 atom stereocenters. The van der Waals surface area contributed by atoms with Crippen LogP contribution in [0.2, 0.25) is 0 Å². The van der Waals surface area contributed by atoms with E-state index in [9.17, 15) is 4.79 Å². The Morgan fingerprint density at radius 2 is 1.93 bits per heavy atom. The van der Waals surface area contributed by atoms with Crippen LogP contribution in [0.25, 0.3) is 0 Å². The maximum Gasteiger partial charge on any atom is 0.303 e. The van der Waals surface area contributed by atoms with Crippen molar-refractivity contribution >= 4 is 5.97 Å². The first-order valence-electron chi connectivity index (χ1n) is 10.0. The van der Waals surface area contributed by atoms with Gasteiger partial charge in [0.15, 0.2) is 0 Å². The van der Waals surface area contributed by atoms with Crippen LogP contribution < -0.4 is 4.74 Å². The average Bonchev–Trinajstić information content (AvgIpc) is 2.63. The fraction of sp³-hybridized carbons (Fsp3) is 0.458. The minimum Gasteiger partial charge on any atom is -0.488 e. The highest BCUT2D eigenvalue weighted by molar-refractivity contribution is 5.66. The SMILES string of the molecule is CC1(C)CC(C)(C)c2cc(C#Cc3cnc(CCCCC(=O)O)cn3)ccc2O1. The summed E-state index contributed by atoms with van der Waals surface area (Å²) in [6.07, 6.45) is 6.69. The third kappa shape index (κ3) is 5.57. The van der Waals surface area contributed by atoms with Crippen molar-refractivity contribution in [1.82, 2.24) is 9.97 Å². The minimum absolute atomic E-state index is 0.0247. The molecular formula is C24H28N2O3. The molecule has 0 saturated heterocycles. The zero-order chi connectivity index (χ0) is 21.1. The van der Waals surface area contributed by atoms with Crippen LogP contribution in [0.5, 0.6) is 5.75 Å². The fourth-order valence-corrected chi connectivity index (χ4v) is 3.99. The van der Waals surface area contributed by atoms with Gasteiger partial charge in [0.2, 0.25) is 0 Å². The highest BCUT2D eigenvalue weighted by atomic mass is 16.5. The van der Waals surface area contributed by atoms with Gasteiger partial charge in [0.1, 0.15) is 17.0 Å². The lowest BCUT2D eigenvalue weighted by Gasteiger charge is -2.42. The van der Waals surface area contributed by atoms with E-state index in [1.807, 2.05) is 12.1 Å². The molecule has 0 spiro atoms. The molecule has 0 unspecified atom stereocenters. The van der Waals surface area contributed by atoms with Crippen molar-refractivity contribution in [3.8, 4) is 17.6 Å². The summed E-state index contributed by atoms with van der Waals surface area (Å²) in [5.74, 6) is 6.43. The van der Waals surface area contributed by atoms with Gasteiger partial charge in [-0.15, -0.1) is 0 Å². The predicted octanol–water partition coefficient (Wildman–Crippen LogP) is 4.51. The molecule has 0 amide bonds. The molecule has 0 radical (unpaired) electrons. The molecule has 5 heteroatoms. The second-order valence-corrected chi connectivity index (χ2v) is 8.88. The van der Waals surface area contributed by atoms with Gasteiger partial charge in [-0.3, -0.25) is 9.78 Å². The van der Waals surface area contributed by atoms with E-state index >= 15 is 0 Å². The van der Waals surface area contributed by atoms with Crippen molar-refractivity contribution in [1.29, 1.82) is 0 Å². The number of aryl methyl sites for hydroxylation is 1. The molecule has 0 aliphatic carbocycles. The molecular weight excluding hydrogens is 364 g/mol. The Balaban J connectivity index is 1.68. The van der Waals surface area contributed by atoms with Gasteiger partial charge in [0.05, 0.1) is 11.9 Å². The predicted molar refractivity (Wildman–Crippen MR) is 112 cm³/mol. The smallest absolute Gasteiger partial charge is 0.303 e. The van der Waals surface area contributed by atoms with Gasteiger partial charge in [-0.1, -0.05) is 19.8 Å². The van der Waals surface area contributed by atoms with E-state index in [0.29, 0.717) is 12.1 Å².